The number of aryl methyl sites for hydroxylation is 1. The number of hydrogen-bond donors (Lipinski definition) is 0. The van der Waals surface area contributed by atoms with Crippen LogP contribution in [0.5, 0.6) is 0 Å². The minimum atomic E-state index is -0.243. The first-order chi connectivity index (χ1) is 9.11. The van der Waals surface area contributed by atoms with E-state index < -0.39 is 0 Å². The second-order valence-electron chi connectivity index (χ2n) is 4.90. The van der Waals surface area contributed by atoms with E-state index in [2.05, 4.69) is 6.92 Å². The van der Waals surface area contributed by atoms with Gasteiger partial charge in [-0.25, -0.2) is 8.78 Å². The highest BCUT2D eigenvalue weighted by Crippen LogP contribution is 2.32. The third-order valence-corrected chi connectivity index (χ3v) is 3.45. The Morgan fingerprint density at radius 1 is 1.00 bits per heavy atom. The molecule has 2 aromatic carbocycles. The average molecular weight is 260 g/mol. The molecule has 0 aliphatic carbocycles. The Morgan fingerprint density at radius 3 is 2.42 bits per heavy atom. The molecule has 0 N–H and O–H groups in total. The van der Waals surface area contributed by atoms with Crippen LogP contribution in [0.4, 0.5) is 8.78 Å². The van der Waals surface area contributed by atoms with Crippen LogP contribution in [0.3, 0.4) is 0 Å². The van der Waals surface area contributed by atoms with E-state index in [1.165, 1.54) is 12.1 Å². The van der Waals surface area contributed by atoms with Crippen molar-refractivity contribution in [2.24, 2.45) is 0 Å². The van der Waals surface area contributed by atoms with Crippen molar-refractivity contribution in [3.05, 3.63) is 70.8 Å². The zero-order valence-corrected chi connectivity index (χ0v) is 11.3. The maximum Gasteiger partial charge on any atom is 0.123 e. The lowest BCUT2D eigenvalue weighted by atomic mass is 9.85. The van der Waals surface area contributed by atoms with Crippen LogP contribution in [0.15, 0.2) is 42.5 Å². The molecule has 2 rings (SSSR count). The lowest BCUT2D eigenvalue weighted by Gasteiger charge is -2.19. The molecule has 100 valence electrons. The summed E-state index contributed by atoms with van der Waals surface area (Å²) in [5.41, 5.74) is 2.91. The van der Waals surface area contributed by atoms with E-state index in [0.717, 1.165) is 29.5 Å². The Bertz CT molecular complexity index is 561. The maximum atomic E-state index is 13.5. The van der Waals surface area contributed by atoms with Gasteiger partial charge in [-0.1, -0.05) is 31.5 Å². The molecule has 0 bridgehead atoms. The molecule has 0 aliphatic rings. The first kappa shape index (κ1) is 13.7. The van der Waals surface area contributed by atoms with Crippen molar-refractivity contribution in [3.8, 4) is 0 Å². The van der Waals surface area contributed by atoms with Gasteiger partial charge in [0.15, 0.2) is 0 Å². The Morgan fingerprint density at radius 2 is 1.74 bits per heavy atom. The smallest absolute Gasteiger partial charge is 0.123 e. The van der Waals surface area contributed by atoms with Crippen molar-refractivity contribution in [1.29, 1.82) is 0 Å². The lowest BCUT2D eigenvalue weighted by Crippen LogP contribution is -2.04. The van der Waals surface area contributed by atoms with Crippen LogP contribution >= 0.6 is 0 Å². The number of halogens is 2. The molecule has 1 unspecified atom stereocenters. The van der Waals surface area contributed by atoms with Gasteiger partial charge < -0.3 is 0 Å². The fourth-order valence-electron chi connectivity index (χ4n) is 2.50. The van der Waals surface area contributed by atoms with Crippen LogP contribution < -0.4 is 0 Å². The minimum Gasteiger partial charge on any atom is -0.207 e. The van der Waals surface area contributed by atoms with Crippen LogP contribution in [0.1, 0.15) is 42.4 Å². The number of benzene rings is 2. The highest BCUT2D eigenvalue weighted by atomic mass is 19.1. The van der Waals surface area contributed by atoms with E-state index in [1.807, 2.05) is 13.0 Å². The van der Waals surface area contributed by atoms with Gasteiger partial charge in [0.25, 0.3) is 0 Å². The topological polar surface area (TPSA) is 0 Å². The van der Waals surface area contributed by atoms with Gasteiger partial charge in [0, 0.05) is 5.92 Å². The average Bonchev–Trinajstić information content (AvgIpc) is 2.39. The maximum absolute atomic E-state index is 13.5. The van der Waals surface area contributed by atoms with E-state index in [0.29, 0.717) is 0 Å². The van der Waals surface area contributed by atoms with Crippen molar-refractivity contribution in [3.63, 3.8) is 0 Å². The predicted molar refractivity (Wildman–Crippen MR) is 74.3 cm³/mol. The monoisotopic (exact) mass is 260 g/mol. The second kappa shape index (κ2) is 5.96. The molecular formula is C17H18F2. The van der Waals surface area contributed by atoms with E-state index in [9.17, 15) is 8.78 Å². The van der Waals surface area contributed by atoms with Gasteiger partial charge in [-0.3, -0.25) is 0 Å². The molecule has 0 amide bonds. The van der Waals surface area contributed by atoms with Gasteiger partial charge in [-0.05, 0) is 54.3 Å². The highest BCUT2D eigenvalue weighted by Gasteiger charge is 2.16. The van der Waals surface area contributed by atoms with Crippen LogP contribution in [0.2, 0.25) is 0 Å². The SMILES string of the molecule is CCCC(c1cccc(F)c1)c1cc(F)ccc1C. The summed E-state index contributed by atoms with van der Waals surface area (Å²) in [4.78, 5) is 0. The van der Waals surface area contributed by atoms with Crippen molar-refractivity contribution in [2.45, 2.75) is 32.6 Å². The normalized spacial score (nSPS) is 12.4. The van der Waals surface area contributed by atoms with Gasteiger partial charge in [-0.2, -0.15) is 0 Å². The van der Waals surface area contributed by atoms with Gasteiger partial charge in [0.1, 0.15) is 11.6 Å². The Hall–Kier alpha value is -1.70. The first-order valence-electron chi connectivity index (χ1n) is 6.63. The van der Waals surface area contributed by atoms with Crippen LogP contribution in [-0.4, -0.2) is 0 Å². The fraction of sp³-hybridized carbons (Fsp3) is 0.294. The fourth-order valence-corrected chi connectivity index (χ4v) is 2.50. The van der Waals surface area contributed by atoms with Gasteiger partial charge in [-0.15, -0.1) is 0 Å². The van der Waals surface area contributed by atoms with E-state index >= 15 is 0 Å². The number of rotatable bonds is 4. The molecule has 0 radical (unpaired) electrons. The molecule has 0 saturated carbocycles. The summed E-state index contributed by atoms with van der Waals surface area (Å²) >= 11 is 0. The molecule has 0 saturated heterocycles. The minimum absolute atomic E-state index is 0.0522. The molecular weight excluding hydrogens is 242 g/mol. The third kappa shape index (κ3) is 3.19. The standard InChI is InChI=1S/C17H18F2/c1-3-5-16(13-6-4-7-14(18)10-13)17-11-15(19)9-8-12(17)2/h4,6-11,16H,3,5H2,1-2H3. The predicted octanol–water partition coefficient (Wildman–Crippen LogP) is 5.21. The number of hydrogen-bond acceptors (Lipinski definition) is 0. The molecule has 0 fully saturated rings. The zero-order valence-electron chi connectivity index (χ0n) is 11.3. The summed E-state index contributed by atoms with van der Waals surface area (Å²) in [5.74, 6) is -0.429. The Kier molecular flexibility index (Phi) is 4.31. The van der Waals surface area contributed by atoms with Crippen molar-refractivity contribution in [2.75, 3.05) is 0 Å². The first-order valence-corrected chi connectivity index (χ1v) is 6.63. The molecule has 0 aliphatic heterocycles. The highest BCUT2D eigenvalue weighted by molar-refractivity contribution is 5.37. The lowest BCUT2D eigenvalue weighted by molar-refractivity contribution is 0.610. The van der Waals surface area contributed by atoms with Crippen molar-refractivity contribution in [1.82, 2.24) is 0 Å². The summed E-state index contributed by atoms with van der Waals surface area (Å²) in [6.45, 7) is 4.05. The van der Waals surface area contributed by atoms with Crippen LogP contribution in [0, 0.1) is 18.6 Å². The van der Waals surface area contributed by atoms with Crippen LogP contribution in [0.25, 0.3) is 0 Å². The van der Waals surface area contributed by atoms with E-state index in [4.69, 9.17) is 0 Å². The molecule has 2 heteroatoms. The van der Waals surface area contributed by atoms with E-state index in [-0.39, 0.29) is 17.6 Å². The Balaban J connectivity index is 2.48. The quantitative estimate of drug-likeness (QED) is 0.708. The van der Waals surface area contributed by atoms with Crippen LogP contribution in [-0.2, 0) is 0 Å². The summed E-state index contributed by atoms with van der Waals surface area (Å²) in [6.07, 6.45) is 1.85. The van der Waals surface area contributed by atoms with E-state index in [1.54, 1.807) is 24.3 Å². The summed E-state index contributed by atoms with van der Waals surface area (Å²) in [5, 5.41) is 0. The van der Waals surface area contributed by atoms with Gasteiger partial charge in [0.2, 0.25) is 0 Å². The molecule has 19 heavy (non-hydrogen) atoms. The van der Waals surface area contributed by atoms with Crippen molar-refractivity contribution < 1.29 is 8.78 Å². The molecule has 0 spiro atoms. The third-order valence-electron chi connectivity index (χ3n) is 3.45. The van der Waals surface area contributed by atoms with Gasteiger partial charge >= 0.3 is 0 Å². The second-order valence-corrected chi connectivity index (χ2v) is 4.90. The molecule has 0 heterocycles. The molecule has 0 aromatic heterocycles. The summed E-state index contributed by atoms with van der Waals surface area (Å²) in [7, 11) is 0. The molecule has 2 aromatic rings. The summed E-state index contributed by atoms with van der Waals surface area (Å²) < 4.78 is 26.9. The zero-order chi connectivity index (χ0) is 13.8. The van der Waals surface area contributed by atoms with Crippen molar-refractivity contribution >= 4 is 0 Å². The molecule has 1 atom stereocenters. The van der Waals surface area contributed by atoms with Gasteiger partial charge in [0.05, 0.1) is 0 Å². The largest absolute Gasteiger partial charge is 0.207 e. The molecule has 0 nitrogen and oxygen atoms in total. The Labute approximate surface area is 113 Å². The summed E-state index contributed by atoms with van der Waals surface area (Å²) in [6, 6.07) is 11.4.